The molecule has 0 amide bonds. The van der Waals surface area contributed by atoms with Crippen molar-refractivity contribution in [3.8, 4) is 11.5 Å². The molecule has 1 aromatic rings. The maximum absolute atomic E-state index is 10.9. The normalized spacial score (nSPS) is 16.6. The lowest BCUT2D eigenvalue weighted by Gasteiger charge is -2.27. The fourth-order valence-electron chi connectivity index (χ4n) is 1.81. The van der Waals surface area contributed by atoms with Gasteiger partial charge >= 0.3 is 5.97 Å². The summed E-state index contributed by atoms with van der Waals surface area (Å²) in [4.78, 5) is 10.9. The van der Waals surface area contributed by atoms with E-state index in [-0.39, 0.29) is 11.7 Å². The predicted molar refractivity (Wildman–Crippen MR) is 71.6 cm³/mol. The molecule has 0 bridgehead atoms. The SMILES string of the molecule is COc1cc(Br)c(C(O)C(=O)O)cc1OC1CCC1. The van der Waals surface area contributed by atoms with Crippen LogP contribution >= 0.6 is 15.9 Å². The van der Waals surface area contributed by atoms with Crippen LogP contribution in [0.2, 0.25) is 0 Å². The molecule has 5 nitrogen and oxygen atoms in total. The van der Waals surface area contributed by atoms with Gasteiger partial charge in [-0.15, -0.1) is 0 Å². The molecule has 6 heteroatoms. The molecule has 0 spiro atoms. The largest absolute Gasteiger partial charge is 0.493 e. The van der Waals surface area contributed by atoms with E-state index in [9.17, 15) is 9.90 Å². The van der Waals surface area contributed by atoms with E-state index >= 15 is 0 Å². The minimum Gasteiger partial charge on any atom is -0.493 e. The van der Waals surface area contributed by atoms with Gasteiger partial charge in [-0.25, -0.2) is 4.79 Å². The molecular weight excluding hydrogens is 316 g/mol. The number of halogens is 1. The van der Waals surface area contributed by atoms with Crippen LogP contribution in [0.1, 0.15) is 30.9 Å². The summed E-state index contributed by atoms with van der Waals surface area (Å²) in [6, 6.07) is 3.12. The summed E-state index contributed by atoms with van der Waals surface area (Å²) < 4.78 is 11.4. The van der Waals surface area contributed by atoms with Gasteiger partial charge in [0.1, 0.15) is 0 Å². The number of carboxylic acids is 1. The van der Waals surface area contributed by atoms with E-state index in [1.54, 1.807) is 6.07 Å². The van der Waals surface area contributed by atoms with Crippen molar-refractivity contribution in [1.29, 1.82) is 0 Å². The number of aliphatic hydroxyl groups excluding tert-OH is 1. The van der Waals surface area contributed by atoms with Crippen LogP contribution in [0.15, 0.2) is 16.6 Å². The minimum absolute atomic E-state index is 0.143. The van der Waals surface area contributed by atoms with Crippen molar-refractivity contribution >= 4 is 21.9 Å². The van der Waals surface area contributed by atoms with Gasteiger partial charge in [0.15, 0.2) is 17.6 Å². The van der Waals surface area contributed by atoms with Crippen molar-refractivity contribution in [2.45, 2.75) is 31.5 Å². The highest BCUT2D eigenvalue weighted by Gasteiger charge is 2.25. The Morgan fingerprint density at radius 2 is 2.11 bits per heavy atom. The number of aliphatic carboxylic acids is 1. The smallest absolute Gasteiger partial charge is 0.337 e. The molecule has 2 N–H and O–H groups in total. The maximum atomic E-state index is 10.9. The fraction of sp³-hybridized carbons (Fsp3) is 0.462. The average molecular weight is 331 g/mol. The lowest BCUT2D eigenvalue weighted by Crippen LogP contribution is -2.25. The second kappa shape index (κ2) is 5.79. The molecule has 104 valence electrons. The number of carbonyl (C=O) groups is 1. The summed E-state index contributed by atoms with van der Waals surface area (Å²) in [6.45, 7) is 0. The zero-order valence-electron chi connectivity index (χ0n) is 10.4. The molecule has 1 unspecified atom stereocenters. The molecule has 0 heterocycles. The maximum Gasteiger partial charge on any atom is 0.337 e. The van der Waals surface area contributed by atoms with E-state index in [2.05, 4.69) is 15.9 Å². The third kappa shape index (κ3) is 3.01. The van der Waals surface area contributed by atoms with Crippen molar-refractivity contribution in [2.24, 2.45) is 0 Å². The third-order valence-corrected chi connectivity index (χ3v) is 3.84. The molecular formula is C13H15BrO5. The Morgan fingerprint density at radius 3 is 2.58 bits per heavy atom. The van der Waals surface area contributed by atoms with Crippen LogP contribution in [0.5, 0.6) is 11.5 Å². The summed E-state index contributed by atoms with van der Waals surface area (Å²) in [7, 11) is 1.52. The van der Waals surface area contributed by atoms with Gasteiger partial charge in [-0.3, -0.25) is 0 Å². The van der Waals surface area contributed by atoms with Crippen molar-refractivity contribution in [1.82, 2.24) is 0 Å². The number of aliphatic hydroxyl groups is 1. The van der Waals surface area contributed by atoms with Gasteiger partial charge in [0.25, 0.3) is 0 Å². The van der Waals surface area contributed by atoms with E-state index < -0.39 is 12.1 Å². The first-order valence-electron chi connectivity index (χ1n) is 5.98. The Kier molecular flexibility index (Phi) is 4.31. The standard InChI is InChI=1S/C13H15BrO5/c1-18-10-6-9(14)8(12(15)13(16)17)5-11(10)19-7-3-2-4-7/h5-7,12,15H,2-4H2,1H3,(H,16,17). The summed E-state index contributed by atoms with van der Waals surface area (Å²) in [6.07, 6.45) is 1.65. The van der Waals surface area contributed by atoms with E-state index in [1.165, 1.54) is 13.2 Å². The number of benzene rings is 1. The molecule has 0 aliphatic heterocycles. The second-order valence-corrected chi connectivity index (χ2v) is 5.29. The zero-order valence-corrected chi connectivity index (χ0v) is 12.0. The van der Waals surface area contributed by atoms with Crippen LogP contribution in [-0.2, 0) is 4.79 Å². The first kappa shape index (κ1) is 14.1. The van der Waals surface area contributed by atoms with E-state index in [4.69, 9.17) is 14.6 Å². The Morgan fingerprint density at radius 1 is 1.42 bits per heavy atom. The summed E-state index contributed by atoms with van der Waals surface area (Å²) in [5.41, 5.74) is 0.252. The van der Waals surface area contributed by atoms with E-state index in [0.29, 0.717) is 16.0 Å². The Balaban J connectivity index is 2.33. The summed E-state index contributed by atoms with van der Waals surface area (Å²) in [5.74, 6) is -0.328. The Labute approximate surface area is 119 Å². The highest BCUT2D eigenvalue weighted by molar-refractivity contribution is 9.10. The predicted octanol–water partition coefficient (Wildman–Crippen LogP) is 2.51. The number of hydrogen-bond donors (Lipinski definition) is 2. The number of methoxy groups -OCH3 is 1. The van der Waals surface area contributed by atoms with Gasteiger partial charge in [0, 0.05) is 10.0 Å². The molecule has 1 atom stereocenters. The lowest BCUT2D eigenvalue weighted by molar-refractivity contribution is -0.147. The molecule has 0 radical (unpaired) electrons. The quantitative estimate of drug-likeness (QED) is 0.867. The average Bonchev–Trinajstić information content (AvgIpc) is 2.33. The number of rotatable bonds is 5. The van der Waals surface area contributed by atoms with Crippen molar-refractivity contribution in [2.75, 3.05) is 7.11 Å². The Hall–Kier alpha value is -1.27. The van der Waals surface area contributed by atoms with Crippen LogP contribution in [-0.4, -0.2) is 29.4 Å². The molecule has 1 fully saturated rings. The molecule has 1 saturated carbocycles. The molecule has 0 aromatic heterocycles. The first-order valence-corrected chi connectivity index (χ1v) is 6.77. The number of ether oxygens (including phenoxy) is 2. The monoisotopic (exact) mass is 330 g/mol. The van der Waals surface area contributed by atoms with Crippen LogP contribution in [0, 0.1) is 0 Å². The zero-order chi connectivity index (χ0) is 14.0. The van der Waals surface area contributed by atoms with Crippen molar-refractivity contribution in [3.63, 3.8) is 0 Å². The fourth-order valence-corrected chi connectivity index (χ4v) is 2.35. The number of carboxylic acid groups (broad SMARTS) is 1. The third-order valence-electron chi connectivity index (χ3n) is 3.16. The van der Waals surface area contributed by atoms with Gasteiger partial charge in [-0.05, 0) is 31.4 Å². The van der Waals surface area contributed by atoms with Crippen LogP contribution in [0.25, 0.3) is 0 Å². The second-order valence-electron chi connectivity index (χ2n) is 4.44. The highest BCUT2D eigenvalue weighted by Crippen LogP contribution is 2.38. The Bertz CT molecular complexity index is 484. The van der Waals surface area contributed by atoms with Gasteiger partial charge < -0.3 is 19.7 Å². The van der Waals surface area contributed by atoms with Crippen LogP contribution in [0.3, 0.4) is 0 Å². The first-order chi connectivity index (χ1) is 9.02. The van der Waals surface area contributed by atoms with Gasteiger partial charge in [0.05, 0.1) is 13.2 Å². The van der Waals surface area contributed by atoms with Gasteiger partial charge in [0.2, 0.25) is 0 Å². The van der Waals surface area contributed by atoms with E-state index in [0.717, 1.165) is 19.3 Å². The van der Waals surface area contributed by atoms with Crippen molar-refractivity contribution in [3.05, 3.63) is 22.2 Å². The minimum atomic E-state index is -1.59. The van der Waals surface area contributed by atoms with Gasteiger partial charge in [-0.1, -0.05) is 15.9 Å². The van der Waals surface area contributed by atoms with Gasteiger partial charge in [-0.2, -0.15) is 0 Å². The lowest BCUT2D eigenvalue weighted by atomic mass is 9.96. The summed E-state index contributed by atoms with van der Waals surface area (Å²) in [5, 5.41) is 18.5. The van der Waals surface area contributed by atoms with Crippen LogP contribution < -0.4 is 9.47 Å². The van der Waals surface area contributed by atoms with Crippen molar-refractivity contribution < 1.29 is 24.5 Å². The molecule has 1 aromatic carbocycles. The molecule has 1 aliphatic rings. The molecule has 0 saturated heterocycles. The topological polar surface area (TPSA) is 76.0 Å². The van der Waals surface area contributed by atoms with Crippen LogP contribution in [0.4, 0.5) is 0 Å². The van der Waals surface area contributed by atoms with E-state index in [1.807, 2.05) is 0 Å². The summed E-state index contributed by atoms with van der Waals surface area (Å²) >= 11 is 3.23. The molecule has 1 aliphatic carbocycles. The number of hydrogen-bond acceptors (Lipinski definition) is 4. The molecule has 2 rings (SSSR count). The molecule has 19 heavy (non-hydrogen) atoms. The highest BCUT2D eigenvalue weighted by atomic mass is 79.9.